The Balaban J connectivity index is -0.000000183. The van der Waals surface area contributed by atoms with Crippen LogP contribution < -0.4 is 0 Å². The molecule has 328 valence electrons. The Morgan fingerprint density at radius 2 is 0.736 bits per heavy atom. The van der Waals surface area contributed by atoms with Crippen LogP contribution in [0.3, 0.4) is 0 Å². The third-order valence-electron chi connectivity index (χ3n) is 7.60. The number of allylic oxidation sites excluding steroid dienone is 2. The Morgan fingerprint density at radius 3 is 0.849 bits per heavy atom. The van der Waals surface area contributed by atoms with Crippen LogP contribution in [0.1, 0.15) is 93.8 Å². The van der Waals surface area contributed by atoms with Crippen molar-refractivity contribution in [1.82, 2.24) is 0 Å². The van der Waals surface area contributed by atoms with Crippen molar-refractivity contribution in [2.45, 2.75) is 169 Å². The summed E-state index contributed by atoms with van der Waals surface area (Å²) >= 11 is 4.02. The molecule has 10 nitrogen and oxygen atoms in total. The van der Waals surface area contributed by atoms with Crippen molar-refractivity contribution in [3.63, 3.8) is 0 Å². The van der Waals surface area contributed by atoms with Crippen LogP contribution in [0.25, 0.3) is 0 Å². The molecule has 2 heterocycles. The van der Waals surface area contributed by atoms with E-state index in [0.717, 1.165) is 62.8 Å². The number of rotatable bonds is 14. The summed E-state index contributed by atoms with van der Waals surface area (Å²) in [6, 6.07) is 4.25. The molecular formula is C32H84BrFO10PtSi8. The van der Waals surface area contributed by atoms with E-state index in [0.29, 0.717) is 0 Å². The van der Waals surface area contributed by atoms with E-state index in [9.17, 15) is 0 Å². The molecule has 0 aromatic carbocycles. The van der Waals surface area contributed by atoms with E-state index in [1.165, 1.54) is 51.4 Å². The van der Waals surface area contributed by atoms with Crippen molar-refractivity contribution in [2.24, 2.45) is 0 Å². The van der Waals surface area contributed by atoms with Gasteiger partial charge < -0.3 is 38.0 Å². The third kappa shape index (κ3) is 35.4. The van der Waals surface area contributed by atoms with E-state index in [1.807, 2.05) is 32.3 Å². The second-order valence-electron chi connectivity index (χ2n) is 13.3. The molecule has 2 aliphatic heterocycles. The Hall–Kier alpha value is 1.75. The maximum atomic E-state index is 8.22. The molecule has 53 heavy (non-hydrogen) atoms. The first-order valence-corrected chi connectivity index (χ1v) is 39.8. The molecule has 2 rings (SSSR count). The number of halogens is 2. The van der Waals surface area contributed by atoms with Crippen LogP contribution in [-0.2, 0) is 56.1 Å². The second kappa shape index (κ2) is 39.2. The van der Waals surface area contributed by atoms with Gasteiger partial charge in [0.2, 0.25) is 0 Å². The van der Waals surface area contributed by atoms with Gasteiger partial charge in [-0.1, -0.05) is 114 Å². The van der Waals surface area contributed by atoms with E-state index >= 15 is 0 Å². The quantitative estimate of drug-likeness (QED) is 0.103. The summed E-state index contributed by atoms with van der Waals surface area (Å²) in [4.78, 5) is 0. The van der Waals surface area contributed by atoms with Crippen LogP contribution in [0.4, 0.5) is 4.70 Å². The van der Waals surface area contributed by atoms with Crippen molar-refractivity contribution in [2.75, 3.05) is 12.4 Å². The molecule has 2 fully saturated rings. The Morgan fingerprint density at radius 1 is 0.566 bits per heavy atom. The van der Waals surface area contributed by atoms with Crippen LogP contribution in [0.2, 0.25) is 76.6 Å². The molecule has 0 amide bonds. The molecule has 21 heteroatoms. The molecule has 0 aromatic heterocycles. The fourth-order valence-electron chi connectivity index (χ4n) is 5.52. The third-order valence-corrected chi connectivity index (χ3v) is 39.2. The van der Waals surface area contributed by atoms with Gasteiger partial charge in [0, 0.05) is 13.9 Å². The van der Waals surface area contributed by atoms with Crippen LogP contribution >= 0.6 is 15.9 Å². The predicted octanol–water partition coefficient (Wildman–Crippen LogP) is 10.1. The van der Waals surface area contributed by atoms with Gasteiger partial charge in [0.15, 0.2) is 0 Å². The summed E-state index contributed by atoms with van der Waals surface area (Å²) in [6.07, 6.45) is 14.2. The van der Waals surface area contributed by atoms with Crippen molar-refractivity contribution >= 4 is 87.3 Å². The number of alkyl halides is 1. The summed E-state index contributed by atoms with van der Waals surface area (Å²) < 4.78 is 59.0. The predicted molar refractivity (Wildman–Crippen MR) is 244 cm³/mol. The van der Waals surface area contributed by atoms with E-state index in [4.69, 9.17) is 41.4 Å². The first-order valence-electron chi connectivity index (χ1n) is 19.3. The van der Waals surface area contributed by atoms with Gasteiger partial charge in [-0.05, 0) is 83.0 Å². The number of aliphatic hydroxyl groups is 1. The van der Waals surface area contributed by atoms with Crippen molar-refractivity contribution in [3.8, 4) is 0 Å². The zero-order chi connectivity index (χ0) is 41.3. The standard InChI is InChI=1S/C20H48O4Si4.C4H16O4Si4.C4H8.C3H5Br.CH4O.FH.O.Pt.H2/c1-9-13-17-25(5)21-26(6,18-14-10-2)23-28(8,20-16-12-4)24-27(7,22-25)19-15-11-3;1-9-5-10(2)7-12(4)8-11(3)6-9;1-3-4-2;1-2-3-4;1-2;;;;/h9-20H2,1-8H3;9-12H,1-4H3;3H,1,4H2,2H3;2H,1,3H2;2H,1H3;1H;;;1H/i;;;;;;;;1+2. The van der Waals surface area contributed by atoms with Gasteiger partial charge in [0.05, 0.1) is 0 Å². The molecule has 0 unspecified atom stereocenters. The van der Waals surface area contributed by atoms with E-state index < -0.39 is 71.4 Å². The molecule has 0 aliphatic carbocycles. The van der Waals surface area contributed by atoms with Gasteiger partial charge in [-0.3, -0.25) is 4.70 Å². The molecule has 0 radical (unpaired) electrons. The molecule has 0 spiro atoms. The first-order chi connectivity index (χ1) is 24.5. The molecular weight excluding hydrogens is 1060 g/mol. The summed E-state index contributed by atoms with van der Waals surface area (Å²) in [6.45, 7) is 35.3. The summed E-state index contributed by atoms with van der Waals surface area (Å²) in [5.74, 6) is 0. The molecule has 0 aromatic rings. The maximum absolute atomic E-state index is 8.22. The molecule has 0 bridgehead atoms. The summed E-state index contributed by atoms with van der Waals surface area (Å²) in [5.41, 5.74) is 0. The van der Waals surface area contributed by atoms with Crippen molar-refractivity contribution in [1.29, 1.82) is 0 Å². The Kier molecular flexibility index (Phi) is 47.3. The summed E-state index contributed by atoms with van der Waals surface area (Å²) in [7, 11) is -13.9. The zero-order valence-corrected chi connectivity index (χ0v) is 48.5. The molecule has 2 aliphatic rings. The monoisotopic (exact) mass is 1150 g/mol. The Labute approximate surface area is 358 Å². The fourth-order valence-corrected chi connectivity index (χ4v) is 41.5. The van der Waals surface area contributed by atoms with Crippen molar-refractivity contribution in [3.05, 3.63) is 25.3 Å². The van der Waals surface area contributed by atoms with Gasteiger partial charge in [-0.25, -0.2) is 0 Å². The topological polar surface area (TPSA) is 111 Å². The number of hydrogen-bond acceptors (Lipinski definition) is 10. The molecule has 2 saturated heterocycles. The zero-order valence-electron chi connectivity index (χ0n) is 36.0. The number of aliphatic hydroxyl groups excluding tert-OH is 1. The van der Waals surface area contributed by atoms with Crippen LogP contribution in [-0.4, -0.2) is 88.9 Å². The second-order valence-corrected chi connectivity index (χ2v) is 37.2. The van der Waals surface area contributed by atoms with Gasteiger partial charge in [0.25, 0.3) is 37.1 Å². The van der Waals surface area contributed by atoms with Gasteiger partial charge in [-0.15, -0.1) is 13.2 Å². The van der Waals surface area contributed by atoms with Crippen LogP contribution in [0, 0.1) is 0 Å². The van der Waals surface area contributed by atoms with Crippen LogP contribution in [0.15, 0.2) is 25.3 Å². The minimum absolute atomic E-state index is 0. The minimum atomic E-state index is -2.31. The van der Waals surface area contributed by atoms with E-state index in [2.05, 4.69) is 89.9 Å². The molecule has 0 atom stereocenters. The average Bonchev–Trinajstić information content (AvgIpc) is 3.08. The fraction of sp³-hybridized carbons (Fsp3) is 0.875. The normalized spacial score (nSPS) is 30.8. The van der Waals surface area contributed by atoms with Gasteiger partial charge in [-0.2, -0.15) is 0 Å². The van der Waals surface area contributed by atoms with Gasteiger partial charge in [0.1, 0.15) is 0 Å². The number of unbranched alkanes of at least 4 members (excludes halogenated alkanes) is 4. The Bertz CT molecular complexity index is 728. The molecule has 0 saturated carbocycles. The van der Waals surface area contributed by atoms with Crippen LogP contribution in [0.5, 0.6) is 0 Å². The van der Waals surface area contributed by atoms with E-state index in [-0.39, 0.29) is 6.13 Å². The summed E-state index contributed by atoms with van der Waals surface area (Å²) in [5, 5.41) is 7.90. The number of hydrogen-bond donors (Lipinski definition) is 1. The first kappa shape index (κ1) is 63.9. The van der Waals surface area contributed by atoms with Gasteiger partial charge >= 0.3 is 57.4 Å². The van der Waals surface area contributed by atoms with Crippen molar-refractivity contribution < 1.29 is 67.3 Å². The molecule has 1 N–H and O–H groups in total. The SMILES string of the molecule is C=CCBr.C=CCC.CCCC[Si]1(C)O[Si](C)(CCCC)O[Si](C)(CCCC)O[Si](C)(CCCC)O1.CO.C[SiH]1O[SiH](C)O[SiH](C)O[SiH](C)O1.F.[3HH].[O]=[Pt]. The van der Waals surface area contributed by atoms with E-state index in [1.54, 1.807) is 6.08 Å². The average molecular weight is 1150 g/mol.